The molecule has 1 rings (SSSR count). The van der Waals surface area contributed by atoms with Gasteiger partial charge in [-0.15, -0.1) is 0 Å². The Hall–Kier alpha value is -1.77. The molecule has 0 aliphatic rings. The van der Waals surface area contributed by atoms with Crippen molar-refractivity contribution in [1.29, 1.82) is 5.26 Å². The molecule has 1 aromatic carbocycles. The zero-order chi connectivity index (χ0) is 12.7. The van der Waals surface area contributed by atoms with Gasteiger partial charge in [0.05, 0.1) is 12.2 Å². The Kier molecular flexibility index (Phi) is 5.27. The van der Waals surface area contributed by atoms with Gasteiger partial charge in [0, 0.05) is 13.0 Å². The average molecular weight is 236 g/mol. The van der Waals surface area contributed by atoms with Crippen molar-refractivity contribution < 1.29 is 15.3 Å². The number of aliphatic hydroxyl groups is 1. The van der Waals surface area contributed by atoms with Gasteiger partial charge in [0.15, 0.2) is 11.5 Å². The fraction of sp³-hybridized carbons (Fsp3) is 0.417. The second kappa shape index (κ2) is 6.74. The molecule has 0 radical (unpaired) electrons. The second-order valence-corrected chi connectivity index (χ2v) is 3.73. The number of hydrogen-bond acceptors (Lipinski definition) is 5. The highest BCUT2D eigenvalue weighted by Gasteiger charge is 2.09. The highest BCUT2D eigenvalue weighted by Crippen LogP contribution is 2.27. The number of phenols is 2. The van der Waals surface area contributed by atoms with Crippen molar-refractivity contribution in [3.05, 3.63) is 23.8 Å². The van der Waals surface area contributed by atoms with E-state index in [0.29, 0.717) is 25.1 Å². The van der Waals surface area contributed by atoms with Crippen LogP contribution in [-0.4, -0.2) is 28.4 Å². The summed E-state index contributed by atoms with van der Waals surface area (Å²) < 4.78 is 0. The van der Waals surface area contributed by atoms with Crippen molar-refractivity contribution in [2.45, 2.75) is 18.9 Å². The standard InChI is InChI=1S/C12H16N2O3/c13-5-1-2-6-14-8-12(17)9-3-4-10(15)11(16)7-9/h3-4,7,12,14-17H,1-2,6,8H2/t12-/m0/s1. The van der Waals surface area contributed by atoms with Gasteiger partial charge < -0.3 is 20.6 Å². The average Bonchev–Trinajstić information content (AvgIpc) is 2.32. The summed E-state index contributed by atoms with van der Waals surface area (Å²) in [6, 6.07) is 6.26. The molecular formula is C12H16N2O3. The Morgan fingerprint density at radius 1 is 1.29 bits per heavy atom. The maximum Gasteiger partial charge on any atom is 0.157 e. The number of nitrogens with one attached hydrogen (secondary N) is 1. The molecule has 1 atom stereocenters. The number of hydrogen-bond donors (Lipinski definition) is 4. The van der Waals surface area contributed by atoms with E-state index in [4.69, 9.17) is 10.4 Å². The molecule has 4 N–H and O–H groups in total. The van der Waals surface area contributed by atoms with Crippen molar-refractivity contribution >= 4 is 0 Å². The number of nitrogens with zero attached hydrogens (tertiary/aromatic N) is 1. The van der Waals surface area contributed by atoms with Crippen molar-refractivity contribution in [2.75, 3.05) is 13.1 Å². The van der Waals surface area contributed by atoms with Gasteiger partial charge in [-0.25, -0.2) is 0 Å². The van der Waals surface area contributed by atoms with Gasteiger partial charge in [-0.1, -0.05) is 6.07 Å². The zero-order valence-corrected chi connectivity index (χ0v) is 9.43. The number of nitriles is 1. The number of aliphatic hydroxyl groups excluding tert-OH is 1. The Morgan fingerprint density at radius 3 is 2.71 bits per heavy atom. The molecule has 0 bridgehead atoms. The zero-order valence-electron chi connectivity index (χ0n) is 9.43. The lowest BCUT2D eigenvalue weighted by Gasteiger charge is -2.12. The van der Waals surface area contributed by atoms with Gasteiger partial charge in [0.25, 0.3) is 0 Å². The first-order valence-corrected chi connectivity index (χ1v) is 5.42. The summed E-state index contributed by atoms with van der Waals surface area (Å²) in [5, 5.41) is 39.5. The summed E-state index contributed by atoms with van der Waals surface area (Å²) in [6.07, 6.45) is 0.483. The first-order chi connectivity index (χ1) is 8.15. The minimum Gasteiger partial charge on any atom is -0.504 e. The molecule has 0 unspecified atom stereocenters. The maximum atomic E-state index is 9.77. The van der Waals surface area contributed by atoms with Crippen molar-refractivity contribution in [1.82, 2.24) is 5.32 Å². The van der Waals surface area contributed by atoms with Crippen LogP contribution in [0.1, 0.15) is 24.5 Å². The van der Waals surface area contributed by atoms with Crippen LogP contribution in [0.25, 0.3) is 0 Å². The van der Waals surface area contributed by atoms with E-state index in [1.807, 2.05) is 6.07 Å². The molecule has 0 spiro atoms. The number of unbranched alkanes of at least 4 members (excludes halogenated alkanes) is 1. The third-order valence-electron chi connectivity index (χ3n) is 2.36. The summed E-state index contributed by atoms with van der Waals surface area (Å²) in [4.78, 5) is 0. The van der Waals surface area contributed by atoms with E-state index in [9.17, 15) is 10.2 Å². The van der Waals surface area contributed by atoms with Crippen LogP contribution in [-0.2, 0) is 0 Å². The van der Waals surface area contributed by atoms with E-state index < -0.39 is 6.10 Å². The predicted molar refractivity (Wildman–Crippen MR) is 62.4 cm³/mol. The summed E-state index contributed by atoms with van der Waals surface area (Å²) in [5.41, 5.74) is 0.535. The molecule has 5 heteroatoms. The Balaban J connectivity index is 2.39. The predicted octanol–water partition coefficient (Wildman–Crippen LogP) is 1.02. The van der Waals surface area contributed by atoms with Crippen LogP contribution >= 0.6 is 0 Å². The van der Waals surface area contributed by atoms with E-state index in [1.165, 1.54) is 12.1 Å². The SMILES string of the molecule is N#CCCCNC[C@H](O)c1ccc(O)c(O)c1. The van der Waals surface area contributed by atoms with Gasteiger partial charge in [-0.3, -0.25) is 0 Å². The van der Waals surface area contributed by atoms with Gasteiger partial charge in [-0.2, -0.15) is 5.26 Å². The Bertz CT molecular complexity index is 401. The van der Waals surface area contributed by atoms with Crippen LogP contribution in [0.2, 0.25) is 0 Å². The largest absolute Gasteiger partial charge is 0.504 e. The lowest BCUT2D eigenvalue weighted by molar-refractivity contribution is 0.174. The van der Waals surface area contributed by atoms with Crippen LogP contribution < -0.4 is 5.32 Å². The molecule has 5 nitrogen and oxygen atoms in total. The molecule has 17 heavy (non-hydrogen) atoms. The van der Waals surface area contributed by atoms with E-state index in [0.717, 1.165) is 6.42 Å². The van der Waals surface area contributed by atoms with E-state index in [-0.39, 0.29) is 11.5 Å². The smallest absolute Gasteiger partial charge is 0.157 e. The summed E-state index contributed by atoms with van der Waals surface area (Å²) >= 11 is 0. The van der Waals surface area contributed by atoms with Crippen molar-refractivity contribution in [2.24, 2.45) is 0 Å². The van der Waals surface area contributed by atoms with Crippen LogP contribution in [0.15, 0.2) is 18.2 Å². The molecule has 0 amide bonds. The molecule has 1 aromatic rings. The van der Waals surface area contributed by atoms with Crippen LogP contribution in [0.3, 0.4) is 0 Å². The normalized spacial score (nSPS) is 12.0. The van der Waals surface area contributed by atoms with Gasteiger partial charge in [-0.05, 0) is 30.7 Å². The van der Waals surface area contributed by atoms with Crippen LogP contribution in [0.5, 0.6) is 11.5 Å². The summed E-state index contributed by atoms with van der Waals surface area (Å²) in [6.45, 7) is 1.00. The topological polar surface area (TPSA) is 96.5 Å². The molecule has 0 aromatic heterocycles. The minimum atomic E-state index is -0.747. The highest BCUT2D eigenvalue weighted by atomic mass is 16.3. The Morgan fingerprint density at radius 2 is 2.06 bits per heavy atom. The van der Waals surface area contributed by atoms with Crippen LogP contribution in [0.4, 0.5) is 0 Å². The minimum absolute atomic E-state index is 0.206. The molecule has 0 aliphatic heterocycles. The molecule has 0 heterocycles. The maximum absolute atomic E-state index is 9.77. The summed E-state index contributed by atoms with van der Waals surface area (Å²) in [5.74, 6) is -0.450. The third-order valence-corrected chi connectivity index (χ3v) is 2.36. The van der Waals surface area contributed by atoms with Gasteiger partial charge in [0.1, 0.15) is 0 Å². The molecule has 92 valence electrons. The molecule has 0 aliphatic carbocycles. The number of aromatic hydroxyl groups is 2. The van der Waals surface area contributed by atoms with Gasteiger partial charge in [0.2, 0.25) is 0 Å². The number of phenolic OH excluding ortho intramolecular Hbond substituents is 2. The van der Waals surface area contributed by atoms with E-state index in [1.54, 1.807) is 6.07 Å². The van der Waals surface area contributed by atoms with E-state index in [2.05, 4.69) is 5.32 Å². The molecule has 0 saturated carbocycles. The lowest BCUT2D eigenvalue weighted by Crippen LogP contribution is -2.22. The highest BCUT2D eigenvalue weighted by molar-refractivity contribution is 5.41. The fourth-order valence-electron chi connectivity index (χ4n) is 1.40. The van der Waals surface area contributed by atoms with Crippen molar-refractivity contribution in [3.63, 3.8) is 0 Å². The van der Waals surface area contributed by atoms with Crippen molar-refractivity contribution in [3.8, 4) is 17.6 Å². The third kappa shape index (κ3) is 4.31. The first-order valence-electron chi connectivity index (χ1n) is 5.42. The molecular weight excluding hydrogens is 220 g/mol. The number of rotatable bonds is 6. The number of benzene rings is 1. The monoisotopic (exact) mass is 236 g/mol. The fourth-order valence-corrected chi connectivity index (χ4v) is 1.40. The second-order valence-electron chi connectivity index (χ2n) is 3.73. The first kappa shape index (κ1) is 13.3. The quantitative estimate of drug-likeness (QED) is 0.437. The molecule has 0 saturated heterocycles. The van der Waals surface area contributed by atoms with E-state index >= 15 is 0 Å². The Labute approximate surface area is 99.9 Å². The molecule has 0 fully saturated rings. The van der Waals surface area contributed by atoms with Crippen LogP contribution in [0, 0.1) is 11.3 Å². The summed E-state index contributed by atoms with van der Waals surface area (Å²) in [7, 11) is 0. The lowest BCUT2D eigenvalue weighted by atomic mass is 10.1. The van der Waals surface area contributed by atoms with Gasteiger partial charge >= 0.3 is 0 Å².